The molecule has 1 unspecified atom stereocenters. The zero-order valence-electron chi connectivity index (χ0n) is 39.0. The Morgan fingerprint density at radius 3 is 2.11 bits per heavy atom. The van der Waals surface area contributed by atoms with E-state index in [2.05, 4.69) is 29.2 Å². The second-order valence-electron chi connectivity index (χ2n) is 17.2. The monoisotopic (exact) mass is 1000 g/mol. The van der Waals surface area contributed by atoms with Gasteiger partial charge in [-0.3, -0.25) is 9.35 Å². The summed E-state index contributed by atoms with van der Waals surface area (Å²) in [6, 6.07) is 23.7. The molecule has 2 aliphatic rings. The van der Waals surface area contributed by atoms with E-state index in [-0.39, 0.29) is 30.2 Å². The van der Waals surface area contributed by atoms with Crippen LogP contribution >= 0.6 is 0 Å². The predicted molar refractivity (Wildman–Crippen MR) is 251 cm³/mol. The molecule has 2 aromatic heterocycles. The Morgan fingerprint density at radius 2 is 1.49 bits per heavy atom. The van der Waals surface area contributed by atoms with Crippen LogP contribution in [0.15, 0.2) is 115 Å². The first-order chi connectivity index (χ1) is 34.0. The number of anilines is 2. The molecule has 376 valence electrons. The first-order valence-corrected chi connectivity index (χ1v) is 24.1. The minimum atomic E-state index is -4.70. The molecule has 0 saturated carbocycles. The lowest BCUT2D eigenvalue weighted by molar-refractivity contribution is -0.168. The average Bonchev–Trinajstić information content (AvgIpc) is 4.10. The molecule has 2 saturated heterocycles. The van der Waals surface area contributed by atoms with Gasteiger partial charge in [-0.05, 0) is 92.1 Å². The summed E-state index contributed by atoms with van der Waals surface area (Å²) in [6.07, 6.45) is 1.61. The lowest BCUT2D eigenvalue weighted by atomic mass is 9.87. The van der Waals surface area contributed by atoms with E-state index in [1.165, 1.54) is 71.6 Å². The van der Waals surface area contributed by atoms with E-state index in [1.54, 1.807) is 11.6 Å². The molecule has 2 aliphatic heterocycles. The van der Waals surface area contributed by atoms with Crippen molar-refractivity contribution in [2.75, 3.05) is 49.2 Å². The molecule has 0 amide bonds. The number of rotatable bonds is 19. The topological polar surface area (TPSA) is 221 Å². The molecule has 20 nitrogen and oxygen atoms in total. The van der Waals surface area contributed by atoms with Gasteiger partial charge >= 0.3 is 28.2 Å². The summed E-state index contributed by atoms with van der Waals surface area (Å²) in [5.74, 6) is -1.61. The van der Waals surface area contributed by atoms with E-state index in [0.29, 0.717) is 43.1 Å². The van der Waals surface area contributed by atoms with Gasteiger partial charge in [-0.15, -0.1) is 0 Å². The van der Waals surface area contributed by atoms with Crippen molar-refractivity contribution < 1.29 is 59.2 Å². The molecular formula is C48H52F2N8O12S. The zero-order valence-corrected chi connectivity index (χ0v) is 39.8. The Bertz CT molecular complexity index is 2930. The number of benzene rings is 4. The molecule has 0 bridgehead atoms. The van der Waals surface area contributed by atoms with Crippen LogP contribution in [-0.4, -0.2) is 106 Å². The third kappa shape index (κ3) is 12.5. The Morgan fingerprint density at radius 1 is 0.845 bits per heavy atom. The van der Waals surface area contributed by atoms with E-state index in [1.807, 2.05) is 55.5 Å². The molecule has 6 aromatic rings. The lowest BCUT2D eigenvalue weighted by Gasteiger charge is -2.37. The fourth-order valence-corrected chi connectivity index (χ4v) is 9.18. The largest absolute Gasteiger partial charge is 0.511 e. The molecule has 23 heteroatoms. The summed E-state index contributed by atoms with van der Waals surface area (Å²) >= 11 is 0. The SMILES string of the molecule is CC[C@@H]([C@H](C)OC(=O)OC(C)OC(=O)Cc1ccc(OS(=O)(=O)O)cc1)n1ncn(-c2ccc(N3CCN(c4ccc(OC[C@@H]5CO[C@@](Cn6cncn6)(c6ccc(F)cc6F)C5)cc4)CC3)cc2)c1=O. The van der Waals surface area contributed by atoms with Crippen LogP contribution in [0.4, 0.5) is 25.0 Å². The lowest BCUT2D eigenvalue weighted by Crippen LogP contribution is -2.46. The fraction of sp³-hybridized carbons (Fsp3) is 0.375. The molecule has 1 N–H and O–H groups in total. The van der Waals surface area contributed by atoms with Gasteiger partial charge in [0, 0.05) is 62.0 Å². The molecule has 0 radical (unpaired) electrons. The molecule has 2 fully saturated rings. The van der Waals surface area contributed by atoms with Crippen molar-refractivity contribution in [1.29, 1.82) is 0 Å². The molecule has 5 atom stereocenters. The van der Waals surface area contributed by atoms with E-state index < -0.39 is 63.9 Å². The summed E-state index contributed by atoms with van der Waals surface area (Å²) in [7, 11) is -4.70. The van der Waals surface area contributed by atoms with Crippen molar-refractivity contribution in [2.45, 2.75) is 70.6 Å². The number of aromatic nitrogens is 6. The van der Waals surface area contributed by atoms with Gasteiger partial charge in [0.25, 0.3) is 0 Å². The summed E-state index contributed by atoms with van der Waals surface area (Å²) in [4.78, 5) is 47.3. The van der Waals surface area contributed by atoms with Crippen LogP contribution in [0.2, 0.25) is 0 Å². The van der Waals surface area contributed by atoms with Crippen molar-refractivity contribution in [3.63, 3.8) is 0 Å². The molecular weight excluding hydrogens is 951 g/mol. The van der Waals surface area contributed by atoms with Gasteiger partial charge < -0.3 is 37.7 Å². The number of ether oxygens (including phenoxy) is 5. The van der Waals surface area contributed by atoms with Gasteiger partial charge in [0.05, 0.1) is 37.9 Å². The average molecular weight is 1000 g/mol. The molecule has 4 aromatic carbocycles. The first kappa shape index (κ1) is 50.0. The third-order valence-corrected chi connectivity index (χ3v) is 12.7. The van der Waals surface area contributed by atoms with Crippen LogP contribution in [0.5, 0.6) is 11.5 Å². The molecule has 0 aliphatic carbocycles. The van der Waals surface area contributed by atoms with Crippen molar-refractivity contribution in [1.82, 2.24) is 29.1 Å². The van der Waals surface area contributed by atoms with Crippen molar-refractivity contribution in [2.24, 2.45) is 5.92 Å². The second-order valence-corrected chi connectivity index (χ2v) is 18.2. The van der Waals surface area contributed by atoms with Crippen LogP contribution in [0, 0.1) is 17.6 Å². The molecule has 71 heavy (non-hydrogen) atoms. The summed E-state index contributed by atoms with van der Waals surface area (Å²) in [5, 5.41) is 8.51. The fourth-order valence-electron chi connectivity index (χ4n) is 8.82. The Hall–Kier alpha value is -7.37. The maximum atomic E-state index is 15.1. The van der Waals surface area contributed by atoms with Gasteiger partial charge in [-0.25, -0.2) is 37.3 Å². The van der Waals surface area contributed by atoms with Crippen LogP contribution in [0.1, 0.15) is 50.8 Å². The van der Waals surface area contributed by atoms with Crippen LogP contribution < -0.4 is 24.4 Å². The Labute approximate surface area is 407 Å². The quantitative estimate of drug-likeness (QED) is 0.0555. The first-order valence-electron chi connectivity index (χ1n) is 22.8. The highest BCUT2D eigenvalue weighted by Crippen LogP contribution is 2.42. The number of piperazine rings is 1. The number of halogens is 2. The highest BCUT2D eigenvalue weighted by atomic mass is 32.3. The predicted octanol–water partition coefficient (Wildman–Crippen LogP) is 6.05. The number of carbonyl (C=O) groups excluding carboxylic acids is 2. The Kier molecular flexibility index (Phi) is 15.3. The van der Waals surface area contributed by atoms with Crippen LogP contribution in [0.3, 0.4) is 0 Å². The summed E-state index contributed by atoms with van der Waals surface area (Å²) in [6.45, 7) is 8.69. The van der Waals surface area contributed by atoms with E-state index in [0.717, 1.165) is 43.6 Å². The van der Waals surface area contributed by atoms with E-state index in [4.69, 9.17) is 28.2 Å². The molecule has 8 rings (SSSR count). The van der Waals surface area contributed by atoms with Gasteiger partial charge in [-0.2, -0.15) is 18.6 Å². The van der Waals surface area contributed by atoms with Crippen LogP contribution in [-0.2, 0) is 52.7 Å². The molecule has 0 spiro atoms. The van der Waals surface area contributed by atoms with Crippen molar-refractivity contribution >= 4 is 33.9 Å². The third-order valence-electron chi connectivity index (χ3n) is 12.3. The number of esters is 1. The minimum Gasteiger partial charge on any atom is -0.493 e. The second kappa shape index (κ2) is 21.7. The highest BCUT2D eigenvalue weighted by molar-refractivity contribution is 7.81. The number of carbonyl (C=O) groups is 2. The minimum absolute atomic E-state index is 0.0543. The maximum absolute atomic E-state index is 15.1. The normalized spacial score (nSPS) is 18.4. The van der Waals surface area contributed by atoms with E-state index >= 15 is 4.39 Å². The number of hydrogen-bond donors (Lipinski definition) is 1. The van der Waals surface area contributed by atoms with Crippen molar-refractivity contribution in [3.05, 3.63) is 143 Å². The molecule has 4 heterocycles. The number of hydrogen-bond acceptors (Lipinski definition) is 16. The highest BCUT2D eigenvalue weighted by Gasteiger charge is 2.45. The maximum Gasteiger partial charge on any atom is 0.511 e. The summed E-state index contributed by atoms with van der Waals surface area (Å²) in [5.41, 5.74) is 1.85. The van der Waals surface area contributed by atoms with Gasteiger partial charge in [0.15, 0.2) is 0 Å². The van der Waals surface area contributed by atoms with Crippen LogP contribution in [0.25, 0.3) is 5.69 Å². The van der Waals surface area contributed by atoms with Gasteiger partial charge in [0.1, 0.15) is 53.8 Å². The zero-order chi connectivity index (χ0) is 50.3. The summed E-state index contributed by atoms with van der Waals surface area (Å²) < 4.78 is 96.2. The smallest absolute Gasteiger partial charge is 0.493 e. The van der Waals surface area contributed by atoms with Gasteiger partial charge in [0.2, 0.25) is 6.29 Å². The Balaban J connectivity index is 0.784. The van der Waals surface area contributed by atoms with E-state index in [9.17, 15) is 27.2 Å². The number of nitrogens with zero attached hydrogens (tertiary/aromatic N) is 8. The van der Waals surface area contributed by atoms with Crippen molar-refractivity contribution in [3.8, 4) is 17.2 Å². The van der Waals surface area contributed by atoms with Gasteiger partial charge in [-0.1, -0.05) is 25.1 Å². The standard InChI is InChI=1S/C48H52F2N8O12S/c1-4-44(32(2)67-47(61)69-33(3)68-45(59)23-34-5-14-41(15-6-34)70-71(62,63)64)58-46(60)57(31-53-58)39-10-8-37(9-11-39)54-19-21-55(22-20-54)38-12-16-40(17-13-38)65-26-35-25-48(66-27-35,28-56-30-51-29-52-56)42-18-7-36(49)24-43(42)50/h5-18,24,29-33,35,44H,4,19-23,25-28H2,1-3H3,(H,62,63,64)/t32-,33?,35+,44-,48-/m0/s1.